The Balaban J connectivity index is 1.92. The van der Waals surface area contributed by atoms with Crippen molar-refractivity contribution in [1.82, 2.24) is 19.9 Å². The van der Waals surface area contributed by atoms with Gasteiger partial charge in [-0.1, -0.05) is 19.1 Å². The summed E-state index contributed by atoms with van der Waals surface area (Å²) in [4.78, 5) is 17.3. The number of rotatable bonds is 4. The Bertz CT molecular complexity index is 704. The minimum Gasteiger partial charge on any atom is -0.476 e. The van der Waals surface area contributed by atoms with Crippen LogP contribution in [-0.2, 0) is 0 Å². The predicted octanol–water partition coefficient (Wildman–Crippen LogP) is 1.42. The van der Waals surface area contributed by atoms with Crippen molar-refractivity contribution < 1.29 is 9.90 Å². The molecule has 2 aromatic rings. The highest BCUT2D eigenvalue weighted by Gasteiger charge is 2.26. The molecule has 0 bridgehead atoms. The van der Waals surface area contributed by atoms with Crippen LogP contribution in [-0.4, -0.2) is 63.7 Å². The standard InChI is InChI=1S/C16H21N5O2/c1-3-19-7-9-20(10-8-19)15-14(16(22)23)17-21(18-15)13-6-4-5-12(2)11-13/h4-6,11H,3,7-10H2,1-2H3,(H,22,23). The van der Waals surface area contributed by atoms with Crippen molar-refractivity contribution >= 4 is 11.8 Å². The van der Waals surface area contributed by atoms with Crippen molar-refractivity contribution in [3.8, 4) is 5.69 Å². The fraction of sp³-hybridized carbons (Fsp3) is 0.438. The van der Waals surface area contributed by atoms with Crippen LogP contribution in [0.5, 0.6) is 0 Å². The van der Waals surface area contributed by atoms with Crippen molar-refractivity contribution in [2.75, 3.05) is 37.6 Å². The van der Waals surface area contributed by atoms with Crippen LogP contribution in [0.4, 0.5) is 5.82 Å². The number of piperazine rings is 1. The first-order chi connectivity index (χ1) is 11.1. The summed E-state index contributed by atoms with van der Waals surface area (Å²) < 4.78 is 0. The van der Waals surface area contributed by atoms with Gasteiger partial charge in [0.05, 0.1) is 5.69 Å². The number of aromatic nitrogens is 3. The van der Waals surface area contributed by atoms with E-state index < -0.39 is 5.97 Å². The van der Waals surface area contributed by atoms with Crippen molar-refractivity contribution in [3.63, 3.8) is 0 Å². The molecule has 3 rings (SSSR count). The van der Waals surface area contributed by atoms with Gasteiger partial charge in [-0.15, -0.1) is 15.0 Å². The van der Waals surface area contributed by atoms with Gasteiger partial charge >= 0.3 is 5.97 Å². The summed E-state index contributed by atoms with van der Waals surface area (Å²) in [5.41, 5.74) is 1.86. The highest BCUT2D eigenvalue weighted by Crippen LogP contribution is 2.20. The first kappa shape index (κ1) is 15.5. The molecule has 0 radical (unpaired) electrons. The molecule has 122 valence electrons. The summed E-state index contributed by atoms with van der Waals surface area (Å²) in [6.45, 7) is 8.47. The molecular formula is C16H21N5O2. The average Bonchev–Trinajstić information content (AvgIpc) is 3.00. The summed E-state index contributed by atoms with van der Waals surface area (Å²) >= 11 is 0. The van der Waals surface area contributed by atoms with Crippen LogP contribution in [0.2, 0.25) is 0 Å². The predicted molar refractivity (Wildman–Crippen MR) is 87.4 cm³/mol. The molecular weight excluding hydrogens is 294 g/mol. The fourth-order valence-corrected chi connectivity index (χ4v) is 2.79. The molecule has 0 spiro atoms. The number of anilines is 1. The van der Waals surface area contributed by atoms with Crippen LogP contribution in [0.1, 0.15) is 23.0 Å². The number of aryl methyl sites for hydroxylation is 1. The second kappa shape index (κ2) is 6.37. The van der Waals surface area contributed by atoms with E-state index in [-0.39, 0.29) is 5.69 Å². The molecule has 1 aliphatic rings. The zero-order valence-electron chi connectivity index (χ0n) is 13.4. The quantitative estimate of drug-likeness (QED) is 0.919. The third-order valence-electron chi connectivity index (χ3n) is 4.15. The lowest BCUT2D eigenvalue weighted by molar-refractivity contribution is 0.0690. The van der Waals surface area contributed by atoms with Gasteiger partial charge in [0.25, 0.3) is 0 Å². The molecule has 1 aromatic heterocycles. The van der Waals surface area contributed by atoms with Crippen molar-refractivity contribution in [2.24, 2.45) is 0 Å². The molecule has 0 unspecified atom stereocenters. The molecule has 0 atom stereocenters. The van der Waals surface area contributed by atoms with E-state index in [2.05, 4.69) is 22.0 Å². The van der Waals surface area contributed by atoms with Gasteiger partial charge in [0.1, 0.15) is 0 Å². The first-order valence-electron chi connectivity index (χ1n) is 7.83. The number of benzene rings is 1. The van der Waals surface area contributed by atoms with Crippen molar-refractivity contribution in [2.45, 2.75) is 13.8 Å². The zero-order valence-corrected chi connectivity index (χ0v) is 13.4. The Labute approximate surface area is 135 Å². The number of hydrogen-bond acceptors (Lipinski definition) is 5. The highest BCUT2D eigenvalue weighted by atomic mass is 16.4. The van der Waals surface area contributed by atoms with Gasteiger partial charge in [0.15, 0.2) is 5.82 Å². The molecule has 0 aliphatic carbocycles. The number of nitrogens with zero attached hydrogens (tertiary/aromatic N) is 5. The van der Waals surface area contributed by atoms with Crippen LogP contribution >= 0.6 is 0 Å². The molecule has 7 nitrogen and oxygen atoms in total. The maximum absolute atomic E-state index is 11.5. The Morgan fingerprint density at radius 2 is 1.96 bits per heavy atom. The van der Waals surface area contributed by atoms with E-state index in [1.807, 2.05) is 36.1 Å². The molecule has 1 aromatic carbocycles. The van der Waals surface area contributed by atoms with Gasteiger partial charge in [-0.05, 0) is 31.2 Å². The Hall–Kier alpha value is -2.41. The second-order valence-electron chi connectivity index (χ2n) is 5.73. The Morgan fingerprint density at radius 3 is 2.57 bits per heavy atom. The molecule has 0 amide bonds. The molecule has 7 heteroatoms. The minimum atomic E-state index is -1.04. The lowest BCUT2D eigenvalue weighted by atomic mass is 10.2. The van der Waals surface area contributed by atoms with Gasteiger partial charge in [-0.3, -0.25) is 0 Å². The minimum absolute atomic E-state index is 0.0106. The van der Waals surface area contributed by atoms with Crippen molar-refractivity contribution in [1.29, 1.82) is 0 Å². The highest BCUT2D eigenvalue weighted by molar-refractivity contribution is 5.91. The van der Waals surface area contributed by atoms with Gasteiger partial charge in [-0.2, -0.15) is 0 Å². The van der Waals surface area contributed by atoms with E-state index in [1.165, 1.54) is 4.80 Å². The maximum atomic E-state index is 11.5. The third-order valence-corrected chi connectivity index (χ3v) is 4.15. The van der Waals surface area contributed by atoms with Crippen LogP contribution in [0.25, 0.3) is 5.69 Å². The zero-order chi connectivity index (χ0) is 16.4. The number of likely N-dealkylation sites (N-methyl/N-ethyl adjacent to an activating group) is 1. The lowest BCUT2D eigenvalue weighted by Gasteiger charge is -2.34. The summed E-state index contributed by atoms with van der Waals surface area (Å²) in [5.74, 6) is -0.591. The molecule has 1 aliphatic heterocycles. The van der Waals surface area contributed by atoms with E-state index in [1.54, 1.807) is 0 Å². The van der Waals surface area contributed by atoms with Crippen LogP contribution in [0, 0.1) is 6.92 Å². The SMILES string of the molecule is CCN1CCN(c2nn(-c3cccc(C)c3)nc2C(=O)O)CC1. The van der Waals surface area contributed by atoms with Crippen LogP contribution < -0.4 is 4.90 Å². The number of hydrogen-bond donors (Lipinski definition) is 1. The van der Waals surface area contributed by atoms with E-state index >= 15 is 0 Å². The number of carboxylic acids is 1. The molecule has 1 saturated heterocycles. The van der Waals surface area contributed by atoms with E-state index in [0.29, 0.717) is 5.82 Å². The Kier molecular flexibility index (Phi) is 4.29. The molecule has 1 N–H and O–H groups in total. The van der Waals surface area contributed by atoms with Gasteiger partial charge < -0.3 is 14.9 Å². The smallest absolute Gasteiger partial charge is 0.360 e. The van der Waals surface area contributed by atoms with Crippen LogP contribution in [0.15, 0.2) is 24.3 Å². The molecule has 23 heavy (non-hydrogen) atoms. The Morgan fingerprint density at radius 1 is 1.22 bits per heavy atom. The second-order valence-corrected chi connectivity index (χ2v) is 5.73. The summed E-state index contributed by atoms with van der Waals surface area (Å²) in [5, 5.41) is 18.1. The topological polar surface area (TPSA) is 74.5 Å². The largest absolute Gasteiger partial charge is 0.476 e. The van der Waals surface area contributed by atoms with Crippen molar-refractivity contribution in [3.05, 3.63) is 35.5 Å². The third kappa shape index (κ3) is 3.19. The fourth-order valence-electron chi connectivity index (χ4n) is 2.79. The number of carbonyl (C=O) groups is 1. The summed E-state index contributed by atoms with van der Waals surface area (Å²) in [6.07, 6.45) is 0. The maximum Gasteiger partial charge on any atom is 0.360 e. The molecule has 0 saturated carbocycles. The van der Waals surface area contributed by atoms with Crippen LogP contribution in [0.3, 0.4) is 0 Å². The normalized spacial score (nSPS) is 15.8. The van der Waals surface area contributed by atoms with E-state index in [0.717, 1.165) is 44.0 Å². The van der Waals surface area contributed by atoms with Gasteiger partial charge in [0.2, 0.25) is 5.69 Å². The van der Waals surface area contributed by atoms with Gasteiger partial charge in [0, 0.05) is 26.2 Å². The number of aromatic carboxylic acids is 1. The monoisotopic (exact) mass is 315 g/mol. The van der Waals surface area contributed by atoms with E-state index in [9.17, 15) is 9.90 Å². The first-order valence-corrected chi connectivity index (χ1v) is 7.83. The van der Waals surface area contributed by atoms with E-state index in [4.69, 9.17) is 0 Å². The summed E-state index contributed by atoms with van der Waals surface area (Å²) in [7, 11) is 0. The van der Waals surface area contributed by atoms with Gasteiger partial charge in [-0.25, -0.2) is 4.79 Å². The lowest BCUT2D eigenvalue weighted by Crippen LogP contribution is -2.46. The number of carboxylic acid groups (broad SMARTS) is 1. The summed E-state index contributed by atoms with van der Waals surface area (Å²) in [6, 6.07) is 7.70. The average molecular weight is 315 g/mol. The molecule has 1 fully saturated rings. The molecule has 2 heterocycles.